The molecule has 20 heavy (non-hydrogen) atoms. The first-order chi connectivity index (χ1) is 9.27. The van der Waals surface area contributed by atoms with E-state index in [0.717, 1.165) is 17.2 Å². The lowest BCUT2D eigenvalue weighted by Crippen LogP contribution is -2.21. The summed E-state index contributed by atoms with van der Waals surface area (Å²) in [4.78, 5) is 12.1. The number of nitrogens with zero attached hydrogens (tertiary/aromatic N) is 2. The van der Waals surface area contributed by atoms with Crippen molar-refractivity contribution >= 4 is 6.01 Å². The van der Waals surface area contributed by atoms with Crippen molar-refractivity contribution in [3.63, 3.8) is 0 Å². The summed E-state index contributed by atoms with van der Waals surface area (Å²) in [5, 5.41) is 3.25. The van der Waals surface area contributed by atoms with Gasteiger partial charge in [0, 0.05) is 23.3 Å². The predicted molar refractivity (Wildman–Crippen MR) is 80.7 cm³/mol. The average Bonchev–Trinajstić information content (AvgIpc) is 2.94. The molecule has 0 saturated heterocycles. The van der Waals surface area contributed by atoms with E-state index >= 15 is 0 Å². The van der Waals surface area contributed by atoms with Crippen LogP contribution in [0.4, 0.5) is 6.01 Å². The number of anilines is 1. The average molecular weight is 276 g/mol. The van der Waals surface area contributed by atoms with Crippen LogP contribution in [0.1, 0.15) is 47.2 Å². The number of rotatable bonds is 4. The second-order valence-electron chi connectivity index (χ2n) is 6.61. The molecule has 5 heteroatoms. The van der Waals surface area contributed by atoms with Crippen LogP contribution in [0.15, 0.2) is 16.9 Å². The maximum absolute atomic E-state index is 5.45. The lowest BCUT2D eigenvalue weighted by atomic mass is 9.93. The SMILES string of the molecule is CC(C)C(C)Nc1nc(-c2ncc(C(C)(C)C)[nH]2)co1. The molecule has 0 saturated carbocycles. The van der Waals surface area contributed by atoms with Crippen molar-refractivity contribution in [1.82, 2.24) is 15.0 Å². The molecule has 0 spiro atoms. The number of oxazole rings is 1. The zero-order valence-corrected chi connectivity index (χ0v) is 13.1. The first-order valence-corrected chi connectivity index (χ1v) is 7.05. The Balaban J connectivity index is 2.15. The summed E-state index contributed by atoms with van der Waals surface area (Å²) in [5.41, 5.74) is 1.85. The Bertz CT molecular complexity index is 562. The summed E-state index contributed by atoms with van der Waals surface area (Å²) >= 11 is 0. The molecule has 0 radical (unpaired) electrons. The second kappa shape index (κ2) is 5.31. The second-order valence-corrected chi connectivity index (χ2v) is 6.61. The van der Waals surface area contributed by atoms with Crippen molar-refractivity contribution in [1.29, 1.82) is 0 Å². The number of H-pyrrole nitrogens is 1. The molecule has 0 aliphatic carbocycles. The molecule has 0 aliphatic heterocycles. The number of hydrogen-bond donors (Lipinski definition) is 2. The van der Waals surface area contributed by atoms with Gasteiger partial charge in [-0.05, 0) is 12.8 Å². The number of nitrogens with one attached hydrogen (secondary N) is 2. The minimum absolute atomic E-state index is 0.0439. The summed E-state index contributed by atoms with van der Waals surface area (Å²) in [7, 11) is 0. The first-order valence-electron chi connectivity index (χ1n) is 7.05. The van der Waals surface area contributed by atoms with Crippen LogP contribution in [0.25, 0.3) is 11.5 Å². The molecule has 0 aromatic carbocycles. The molecule has 1 atom stereocenters. The van der Waals surface area contributed by atoms with Crippen molar-refractivity contribution in [3.8, 4) is 11.5 Å². The summed E-state index contributed by atoms with van der Waals surface area (Å²) in [6.07, 6.45) is 3.48. The summed E-state index contributed by atoms with van der Waals surface area (Å²) in [6, 6.07) is 0.846. The van der Waals surface area contributed by atoms with E-state index in [1.165, 1.54) is 0 Å². The Hall–Kier alpha value is -1.78. The smallest absolute Gasteiger partial charge is 0.295 e. The lowest BCUT2D eigenvalue weighted by molar-refractivity contribution is 0.514. The van der Waals surface area contributed by atoms with E-state index in [1.807, 2.05) is 6.20 Å². The third-order valence-corrected chi connectivity index (χ3v) is 3.48. The minimum atomic E-state index is 0.0439. The maximum Gasteiger partial charge on any atom is 0.295 e. The summed E-state index contributed by atoms with van der Waals surface area (Å²) < 4.78 is 5.45. The van der Waals surface area contributed by atoms with Crippen LogP contribution in [0.3, 0.4) is 0 Å². The van der Waals surface area contributed by atoms with E-state index in [0.29, 0.717) is 18.0 Å². The van der Waals surface area contributed by atoms with Gasteiger partial charge in [0.15, 0.2) is 5.82 Å². The van der Waals surface area contributed by atoms with Crippen LogP contribution in [-0.4, -0.2) is 21.0 Å². The number of imidazole rings is 1. The van der Waals surface area contributed by atoms with Crippen molar-refractivity contribution in [2.75, 3.05) is 5.32 Å². The van der Waals surface area contributed by atoms with Crippen LogP contribution in [-0.2, 0) is 5.41 Å². The highest BCUT2D eigenvalue weighted by Gasteiger charge is 2.18. The van der Waals surface area contributed by atoms with Crippen LogP contribution < -0.4 is 5.32 Å². The van der Waals surface area contributed by atoms with Crippen molar-refractivity contribution < 1.29 is 4.42 Å². The van der Waals surface area contributed by atoms with E-state index in [-0.39, 0.29) is 5.41 Å². The Morgan fingerprint density at radius 3 is 2.50 bits per heavy atom. The fourth-order valence-electron chi connectivity index (χ4n) is 1.64. The number of aromatic amines is 1. The van der Waals surface area contributed by atoms with E-state index in [9.17, 15) is 0 Å². The zero-order valence-electron chi connectivity index (χ0n) is 13.1. The van der Waals surface area contributed by atoms with Gasteiger partial charge in [0.25, 0.3) is 6.01 Å². The summed E-state index contributed by atoms with van der Waals surface area (Å²) in [5.74, 6) is 1.25. The topological polar surface area (TPSA) is 66.7 Å². The Kier molecular flexibility index (Phi) is 3.88. The standard InChI is InChI=1S/C15H24N4O/c1-9(2)10(3)17-14-18-11(8-20-14)13-16-7-12(19-13)15(4,5)6/h7-10H,1-6H3,(H,16,19)(H,17,18). The van der Waals surface area contributed by atoms with Crippen molar-refractivity contribution in [3.05, 3.63) is 18.2 Å². The first kappa shape index (κ1) is 14.6. The third-order valence-electron chi connectivity index (χ3n) is 3.48. The van der Waals surface area contributed by atoms with E-state index < -0.39 is 0 Å². The van der Waals surface area contributed by atoms with Crippen LogP contribution >= 0.6 is 0 Å². The molecule has 0 bridgehead atoms. The number of hydrogen-bond acceptors (Lipinski definition) is 4. The van der Waals surface area contributed by atoms with Gasteiger partial charge in [0.2, 0.25) is 0 Å². The van der Waals surface area contributed by atoms with Crippen LogP contribution in [0, 0.1) is 5.92 Å². The number of aromatic nitrogens is 3. The highest BCUT2D eigenvalue weighted by atomic mass is 16.4. The van der Waals surface area contributed by atoms with Gasteiger partial charge in [0.05, 0.1) is 0 Å². The highest BCUT2D eigenvalue weighted by Crippen LogP contribution is 2.24. The monoisotopic (exact) mass is 276 g/mol. The Morgan fingerprint density at radius 1 is 1.25 bits per heavy atom. The summed E-state index contributed by atoms with van der Waals surface area (Å²) in [6.45, 7) is 12.9. The van der Waals surface area contributed by atoms with Gasteiger partial charge in [-0.2, -0.15) is 4.98 Å². The maximum atomic E-state index is 5.45. The molecule has 2 aromatic rings. The van der Waals surface area contributed by atoms with Crippen LogP contribution in [0.2, 0.25) is 0 Å². The molecule has 2 aromatic heterocycles. The van der Waals surface area contributed by atoms with Gasteiger partial charge < -0.3 is 14.7 Å². The minimum Gasteiger partial charge on any atom is -0.431 e. The fraction of sp³-hybridized carbons (Fsp3) is 0.600. The van der Waals surface area contributed by atoms with Crippen molar-refractivity contribution in [2.24, 2.45) is 5.92 Å². The van der Waals surface area contributed by atoms with Gasteiger partial charge in [0.1, 0.15) is 12.0 Å². The van der Waals surface area contributed by atoms with E-state index in [4.69, 9.17) is 4.42 Å². The molecule has 2 N–H and O–H groups in total. The molecule has 2 heterocycles. The Labute approximate surface area is 120 Å². The fourth-order valence-corrected chi connectivity index (χ4v) is 1.64. The van der Waals surface area contributed by atoms with E-state index in [1.54, 1.807) is 6.26 Å². The normalized spacial score (nSPS) is 13.8. The van der Waals surface area contributed by atoms with Gasteiger partial charge in [-0.25, -0.2) is 4.98 Å². The molecule has 0 aliphatic rings. The lowest BCUT2D eigenvalue weighted by Gasteiger charge is -2.15. The molecular formula is C15H24N4O. The molecule has 0 fully saturated rings. The quantitative estimate of drug-likeness (QED) is 0.891. The van der Waals surface area contributed by atoms with Gasteiger partial charge in [-0.1, -0.05) is 34.6 Å². The molecule has 2 rings (SSSR count). The van der Waals surface area contributed by atoms with E-state index in [2.05, 4.69) is 61.8 Å². The van der Waals surface area contributed by atoms with Crippen molar-refractivity contribution in [2.45, 2.75) is 53.0 Å². The highest BCUT2D eigenvalue weighted by molar-refractivity contribution is 5.50. The largest absolute Gasteiger partial charge is 0.431 e. The molecule has 5 nitrogen and oxygen atoms in total. The zero-order chi connectivity index (χ0) is 14.9. The molecular weight excluding hydrogens is 252 g/mol. The van der Waals surface area contributed by atoms with Gasteiger partial charge in [-0.3, -0.25) is 0 Å². The van der Waals surface area contributed by atoms with Gasteiger partial charge >= 0.3 is 0 Å². The molecule has 1 unspecified atom stereocenters. The third kappa shape index (κ3) is 3.21. The van der Waals surface area contributed by atoms with Gasteiger partial charge in [-0.15, -0.1) is 0 Å². The van der Waals surface area contributed by atoms with Crippen LogP contribution in [0.5, 0.6) is 0 Å². The Morgan fingerprint density at radius 2 is 1.95 bits per heavy atom. The predicted octanol–water partition coefficient (Wildman–Crippen LogP) is 3.82. The molecule has 110 valence electrons. The molecule has 0 amide bonds.